The van der Waals surface area contributed by atoms with Crippen molar-refractivity contribution < 1.29 is 19.4 Å². The zero-order valence-electron chi connectivity index (χ0n) is 14.7. The Morgan fingerprint density at radius 3 is 2.69 bits per heavy atom. The number of carboxylic acids is 1. The fourth-order valence-corrected chi connectivity index (χ4v) is 4.12. The van der Waals surface area contributed by atoms with E-state index in [2.05, 4.69) is 17.5 Å². The summed E-state index contributed by atoms with van der Waals surface area (Å²) >= 11 is 0. The van der Waals surface area contributed by atoms with E-state index < -0.39 is 5.97 Å². The molecule has 1 aliphatic heterocycles. The molecule has 0 spiro atoms. The summed E-state index contributed by atoms with van der Waals surface area (Å²) in [5, 5.41) is 12.9. The van der Waals surface area contributed by atoms with E-state index in [0.717, 1.165) is 34.7 Å². The minimum absolute atomic E-state index is 0.0585. The second kappa shape index (κ2) is 6.41. The number of fused-ring (bicyclic) bond motifs is 3. The van der Waals surface area contributed by atoms with Crippen LogP contribution in [0.15, 0.2) is 48.6 Å². The maximum absolute atomic E-state index is 11.3. The minimum atomic E-state index is -0.900. The molecule has 0 bridgehead atoms. The number of carboxylic acid groups (broad SMARTS) is 1. The number of benzene rings is 2. The number of methoxy groups -OCH3 is 2. The first-order valence-corrected chi connectivity index (χ1v) is 8.64. The van der Waals surface area contributed by atoms with E-state index >= 15 is 0 Å². The zero-order valence-corrected chi connectivity index (χ0v) is 14.7. The highest BCUT2D eigenvalue weighted by atomic mass is 16.5. The molecular weight excluding hydrogens is 330 g/mol. The number of ether oxygens (including phenoxy) is 2. The quantitative estimate of drug-likeness (QED) is 0.807. The summed E-state index contributed by atoms with van der Waals surface area (Å²) < 4.78 is 11.0. The van der Waals surface area contributed by atoms with Crippen LogP contribution >= 0.6 is 0 Å². The molecule has 1 aliphatic carbocycles. The summed E-state index contributed by atoms with van der Waals surface area (Å²) in [6, 6.07) is 11.2. The molecular formula is C21H21NO4. The van der Waals surface area contributed by atoms with Crippen LogP contribution in [0.4, 0.5) is 5.69 Å². The van der Waals surface area contributed by atoms with Gasteiger partial charge in [0.15, 0.2) is 0 Å². The van der Waals surface area contributed by atoms with E-state index in [4.69, 9.17) is 9.47 Å². The van der Waals surface area contributed by atoms with E-state index in [1.165, 1.54) is 0 Å². The van der Waals surface area contributed by atoms with E-state index in [0.29, 0.717) is 11.5 Å². The van der Waals surface area contributed by atoms with Gasteiger partial charge in [0, 0.05) is 17.2 Å². The summed E-state index contributed by atoms with van der Waals surface area (Å²) in [6.45, 7) is 0. The topological polar surface area (TPSA) is 67.8 Å². The molecule has 3 atom stereocenters. The summed E-state index contributed by atoms with van der Waals surface area (Å²) in [6.07, 6.45) is 5.30. The van der Waals surface area contributed by atoms with Crippen LogP contribution in [-0.4, -0.2) is 25.3 Å². The van der Waals surface area contributed by atoms with Gasteiger partial charge < -0.3 is 19.9 Å². The molecule has 5 heteroatoms. The number of allylic oxidation sites excluding steroid dienone is 2. The van der Waals surface area contributed by atoms with Crippen molar-refractivity contribution >= 4 is 11.7 Å². The molecule has 0 radical (unpaired) electrons. The number of anilines is 1. The average molecular weight is 351 g/mol. The van der Waals surface area contributed by atoms with E-state index in [1.54, 1.807) is 26.4 Å². The highest BCUT2D eigenvalue weighted by Crippen LogP contribution is 2.51. The van der Waals surface area contributed by atoms with E-state index in [9.17, 15) is 9.90 Å². The Bertz CT molecular complexity index is 890. The van der Waals surface area contributed by atoms with Gasteiger partial charge in [-0.05, 0) is 54.3 Å². The summed E-state index contributed by atoms with van der Waals surface area (Å²) in [7, 11) is 3.33. The standard InChI is InChI=1S/C21H21NO4/c1-25-13-7-9-19(26-2)17(11-13)20-15-5-3-4-14(15)16-10-12(21(23)24)6-8-18(16)22-20/h3-4,6-11,14-15,20,22H,5H2,1-2H3,(H,23,24)/t14-,15-,20+/m1/s1. The number of carbonyl (C=O) groups is 1. The number of aromatic carboxylic acids is 1. The van der Waals surface area contributed by atoms with Crippen LogP contribution in [0.25, 0.3) is 0 Å². The first-order chi connectivity index (χ1) is 12.6. The maximum atomic E-state index is 11.3. The average Bonchev–Trinajstić information content (AvgIpc) is 3.16. The maximum Gasteiger partial charge on any atom is 0.335 e. The van der Waals surface area contributed by atoms with E-state index in [-0.39, 0.29) is 12.0 Å². The van der Waals surface area contributed by atoms with Crippen molar-refractivity contribution in [2.45, 2.75) is 18.4 Å². The van der Waals surface area contributed by atoms with Crippen LogP contribution < -0.4 is 14.8 Å². The Balaban J connectivity index is 1.80. The summed E-state index contributed by atoms with van der Waals surface area (Å²) in [5.74, 6) is 1.19. The second-order valence-electron chi connectivity index (χ2n) is 6.69. The summed E-state index contributed by atoms with van der Waals surface area (Å²) in [5.41, 5.74) is 3.39. The number of rotatable bonds is 4. The SMILES string of the molecule is COc1ccc(OC)c([C@H]2Nc3ccc(C(=O)O)cc3[C@@H]3C=CC[C@@H]23)c1. The van der Waals surface area contributed by atoms with Gasteiger partial charge in [-0.3, -0.25) is 0 Å². The molecule has 134 valence electrons. The molecule has 2 aliphatic rings. The van der Waals surface area contributed by atoms with Gasteiger partial charge in [-0.15, -0.1) is 0 Å². The third-order valence-electron chi connectivity index (χ3n) is 5.38. The van der Waals surface area contributed by atoms with Gasteiger partial charge in [0.1, 0.15) is 11.5 Å². The van der Waals surface area contributed by atoms with Gasteiger partial charge in [0.2, 0.25) is 0 Å². The van der Waals surface area contributed by atoms with Crippen molar-refractivity contribution in [3.8, 4) is 11.5 Å². The monoisotopic (exact) mass is 351 g/mol. The normalized spacial score (nSPS) is 22.9. The predicted octanol–water partition coefficient (Wildman–Crippen LogP) is 4.23. The largest absolute Gasteiger partial charge is 0.497 e. The third-order valence-corrected chi connectivity index (χ3v) is 5.38. The fraction of sp³-hybridized carbons (Fsp3) is 0.286. The molecule has 0 saturated carbocycles. The van der Waals surface area contributed by atoms with Crippen molar-refractivity contribution in [1.82, 2.24) is 0 Å². The van der Waals surface area contributed by atoms with Crippen LogP contribution in [-0.2, 0) is 0 Å². The smallest absolute Gasteiger partial charge is 0.335 e. The van der Waals surface area contributed by atoms with Crippen LogP contribution in [0.2, 0.25) is 0 Å². The Kier molecular flexibility index (Phi) is 4.07. The van der Waals surface area contributed by atoms with Crippen molar-refractivity contribution in [3.63, 3.8) is 0 Å². The van der Waals surface area contributed by atoms with Gasteiger partial charge in [0.05, 0.1) is 25.8 Å². The molecule has 1 heterocycles. The second-order valence-corrected chi connectivity index (χ2v) is 6.69. The lowest BCUT2D eigenvalue weighted by molar-refractivity contribution is 0.0696. The fourth-order valence-electron chi connectivity index (χ4n) is 4.12. The molecule has 5 nitrogen and oxygen atoms in total. The highest BCUT2D eigenvalue weighted by Gasteiger charge is 2.39. The molecule has 4 rings (SSSR count). The van der Waals surface area contributed by atoms with Crippen molar-refractivity contribution in [3.05, 3.63) is 65.2 Å². The van der Waals surface area contributed by atoms with Crippen molar-refractivity contribution in [1.29, 1.82) is 0 Å². The lowest BCUT2D eigenvalue weighted by atomic mass is 9.76. The van der Waals surface area contributed by atoms with Crippen LogP contribution in [0, 0.1) is 5.92 Å². The van der Waals surface area contributed by atoms with Gasteiger partial charge in [0.25, 0.3) is 0 Å². The first kappa shape index (κ1) is 16.5. The molecule has 26 heavy (non-hydrogen) atoms. The van der Waals surface area contributed by atoms with Crippen LogP contribution in [0.1, 0.15) is 39.9 Å². The van der Waals surface area contributed by atoms with Gasteiger partial charge in [-0.2, -0.15) is 0 Å². The minimum Gasteiger partial charge on any atom is -0.497 e. The van der Waals surface area contributed by atoms with Gasteiger partial charge >= 0.3 is 5.97 Å². The Morgan fingerprint density at radius 2 is 1.96 bits per heavy atom. The van der Waals surface area contributed by atoms with Gasteiger partial charge in [-0.1, -0.05) is 12.2 Å². The van der Waals surface area contributed by atoms with Crippen LogP contribution in [0.3, 0.4) is 0 Å². The number of nitrogens with one attached hydrogen (secondary N) is 1. The number of hydrogen-bond donors (Lipinski definition) is 2. The Morgan fingerprint density at radius 1 is 1.12 bits per heavy atom. The summed E-state index contributed by atoms with van der Waals surface area (Å²) in [4.78, 5) is 11.3. The number of hydrogen-bond acceptors (Lipinski definition) is 4. The Hall–Kier alpha value is -2.95. The predicted molar refractivity (Wildman–Crippen MR) is 99.3 cm³/mol. The lowest BCUT2D eigenvalue weighted by Gasteiger charge is -2.38. The molecule has 0 saturated heterocycles. The van der Waals surface area contributed by atoms with Crippen molar-refractivity contribution in [2.24, 2.45) is 5.92 Å². The molecule has 0 unspecified atom stereocenters. The molecule has 2 aromatic rings. The molecule has 0 aromatic heterocycles. The van der Waals surface area contributed by atoms with Gasteiger partial charge in [-0.25, -0.2) is 4.79 Å². The van der Waals surface area contributed by atoms with E-state index in [1.807, 2.05) is 24.3 Å². The molecule has 0 fully saturated rings. The zero-order chi connectivity index (χ0) is 18.3. The third kappa shape index (κ3) is 2.60. The van der Waals surface area contributed by atoms with Crippen LogP contribution in [0.5, 0.6) is 11.5 Å². The van der Waals surface area contributed by atoms with Crippen molar-refractivity contribution in [2.75, 3.05) is 19.5 Å². The first-order valence-electron chi connectivity index (χ1n) is 8.64. The molecule has 2 aromatic carbocycles. The molecule has 0 amide bonds. The lowest BCUT2D eigenvalue weighted by Crippen LogP contribution is -2.29. The molecule has 2 N–H and O–H groups in total. The highest BCUT2D eigenvalue weighted by molar-refractivity contribution is 5.89. The Labute approximate surface area is 152 Å².